The largest absolute Gasteiger partial charge is 0.497 e. The Morgan fingerprint density at radius 3 is 2.16 bits per heavy atom. The average molecular weight is 573 g/mol. The fourth-order valence-corrected chi connectivity index (χ4v) is 6.21. The second-order valence-electron chi connectivity index (χ2n) is 12.1. The summed E-state index contributed by atoms with van der Waals surface area (Å²) >= 11 is 0. The molecule has 2 N–H and O–H groups in total. The molecule has 0 radical (unpaired) electrons. The number of aryl methyl sites for hydroxylation is 1. The SMILES string of the molecule is COc1ccc(/C=C/c2ccc(Nc3nc4ccccc4c(C)c3N=C(CC3CN3)C3CCCCCCCC3)cc2)cc1. The van der Waals surface area contributed by atoms with Gasteiger partial charge in [-0.05, 0) is 72.7 Å². The topological polar surface area (TPSA) is 68.5 Å². The van der Waals surface area contributed by atoms with Gasteiger partial charge in [0.25, 0.3) is 0 Å². The maximum absolute atomic E-state index is 5.54. The van der Waals surface area contributed by atoms with Gasteiger partial charge in [-0.1, -0.05) is 93.1 Å². The van der Waals surface area contributed by atoms with E-state index in [2.05, 4.69) is 90.4 Å². The van der Waals surface area contributed by atoms with Crippen molar-refractivity contribution in [1.29, 1.82) is 0 Å². The number of aromatic nitrogens is 1. The van der Waals surface area contributed by atoms with Gasteiger partial charge < -0.3 is 15.4 Å². The zero-order valence-electron chi connectivity index (χ0n) is 25.6. The highest BCUT2D eigenvalue weighted by Gasteiger charge is 2.27. The van der Waals surface area contributed by atoms with Crippen LogP contribution in [-0.2, 0) is 0 Å². The fourth-order valence-electron chi connectivity index (χ4n) is 6.21. The van der Waals surface area contributed by atoms with E-state index in [1.54, 1.807) is 7.11 Å². The molecule has 1 aliphatic heterocycles. The van der Waals surface area contributed by atoms with Crippen LogP contribution in [0.5, 0.6) is 5.75 Å². The third-order valence-electron chi connectivity index (χ3n) is 8.91. The number of benzene rings is 3. The molecule has 1 saturated heterocycles. The highest BCUT2D eigenvalue weighted by atomic mass is 16.5. The van der Waals surface area contributed by atoms with Crippen molar-refractivity contribution < 1.29 is 4.74 Å². The number of methoxy groups -OCH3 is 1. The first-order chi connectivity index (χ1) is 21.2. The summed E-state index contributed by atoms with van der Waals surface area (Å²) in [4.78, 5) is 10.7. The maximum atomic E-state index is 5.54. The van der Waals surface area contributed by atoms with Gasteiger partial charge in [-0.3, -0.25) is 4.99 Å². The van der Waals surface area contributed by atoms with E-state index in [9.17, 15) is 0 Å². The van der Waals surface area contributed by atoms with Crippen molar-refractivity contribution in [3.05, 3.63) is 89.5 Å². The lowest BCUT2D eigenvalue weighted by atomic mass is 9.89. The van der Waals surface area contributed by atoms with E-state index in [0.717, 1.165) is 52.6 Å². The number of pyridine rings is 1. The molecule has 6 rings (SSSR count). The standard InChI is InChI=1S/C38H44N4O/c1-27-34-13-9-10-14-35(34)42-38(37(27)41-36(25-32-26-39-32)30-11-7-5-3-4-6-8-12-30)40-31-21-17-28(18-22-31)15-16-29-19-23-33(43-2)24-20-29/h9-10,13-24,30,32,39H,3-8,11-12,25-26H2,1-2H3,(H,40,42)/b16-15+,41-36?. The Balaban J connectivity index is 1.30. The summed E-state index contributed by atoms with van der Waals surface area (Å²) in [5.74, 6) is 2.25. The van der Waals surface area contributed by atoms with E-state index < -0.39 is 0 Å². The molecule has 2 heterocycles. The summed E-state index contributed by atoms with van der Waals surface area (Å²) in [6.45, 7) is 3.31. The smallest absolute Gasteiger partial charge is 0.157 e. The normalized spacial score (nSPS) is 18.3. The molecule has 43 heavy (non-hydrogen) atoms. The number of hydrogen-bond acceptors (Lipinski definition) is 5. The second-order valence-corrected chi connectivity index (χ2v) is 12.1. The van der Waals surface area contributed by atoms with Gasteiger partial charge in [0.05, 0.1) is 12.6 Å². The summed E-state index contributed by atoms with van der Waals surface area (Å²) < 4.78 is 5.27. The number of para-hydroxylation sites is 1. The maximum Gasteiger partial charge on any atom is 0.157 e. The zero-order chi connectivity index (χ0) is 29.4. The van der Waals surface area contributed by atoms with Crippen molar-refractivity contribution in [2.75, 3.05) is 19.0 Å². The Kier molecular flexibility index (Phi) is 9.49. The van der Waals surface area contributed by atoms with Crippen molar-refractivity contribution in [3.8, 4) is 5.75 Å². The van der Waals surface area contributed by atoms with Crippen LogP contribution in [0.4, 0.5) is 17.2 Å². The highest BCUT2D eigenvalue weighted by Crippen LogP contribution is 2.37. The minimum Gasteiger partial charge on any atom is -0.497 e. The van der Waals surface area contributed by atoms with Crippen LogP contribution in [0.3, 0.4) is 0 Å². The van der Waals surface area contributed by atoms with Crippen LogP contribution in [0, 0.1) is 12.8 Å². The van der Waals surface area contributed by atoms with Crippen molar-refractivity contribution >= 4 is 46.0 Å². The predicted molar refractivity (Wildman–Crippen MR) is 182 cm³/mol. The molecule has 0 spiro atoms. The molecule has 1 unspecified atom stereocenters. The van der Waals surface area contributed by atoms with E-state index in [4.69, 9.17) is 14.7 Å². The molecular formula is C38H44N4O. The van der Waals surface area contributed by atoms with Gasteiger partial charge in [0.15, 0.2) is 5.82 Å². The van der Waals surface area contributed by atoms with Crippen molar-refractivity contribution in [2.24, 2.45) is 10.9 Å². The van der Waals surface area contributed by atoms with Crippen LogP contribution in [0.2, 0.25) is 0 Å². The third kappa shape index (κ3) is 7.71. The lowest BCUT2D eigenvalue weighted by Crippen LogP contribution is -2.18. The van der Waals surface area contributed by atoms with Crippen LogP contribution in [0.1, 0.15) is 74.5 Å². The Morgan fingerprint density at radius 1 is 0.884 bits per heavy atom. The van der Waals surface area contributed by atoms with Crippen LogP contribution in [0.15, 0.2) is 77.8 Å². The molecule has 4 aromatic rings. The zero-order valence-corrected chi connectivity index (χ0v) is 25.6. The quantitative estimate of drug-likeness (QED) is 0.119. The minimum absolute atomic E-state index is 0.552. The lowest BCUT2D eigenvalue weighted by Gasteiger charge is -2.21. The molecule has 5 nitrogen and oxygen atoms in total. The summed E-state index contributed by atoms with van der Waals surface area (Å²) in [7, 11) is 1.69. The number of nitrogens with one attached hydrogen (secondary N) is 2. The predicted octanol–water partition coefficient (Wildman–Crippen LogP) is 9.65. The summed E-state index contributed by atoms with van der Waals surface area (Å²) in [6, 6.07) is 25.6. The Hall–Kier alpha value is -3.96. The number of anilines is 2. The second kappa shape index (κ2) is 14.0. The van der Waals surface area contributed by atoms with Crippen molar-refractivity contribution in [1.82, 2.24) is 10.3 Å². The number of ether oxygens (including phenoxy) is 1. The molecule has 3 aromatic carbocycles. The van der Waals surface area contributed by atoms with E-state index in [0.29, 0.717) is 12.0 Å². The van der Waals surface area contributed by atoms with E-state index in [-0.39, 0.29) is 0 Å². The minimum atomic E-state index is 0.552. The molecule has 222 valence electrons. The summed E-state index contributed by atoms with van der Waals surface area (Å²) in [5.41, 5.74) is 7.81. The van der Waals surface area contributed by atoms with Gasteiger partial charge in [0.1, 0.15) is 11.4 Å². The molecule has 1 aromatic heterocycles. The van der Waals surface area contributed by atoms with Gasteiger partial charge in [-0.2, -0.15) is 0 Å². The summed E-state index contributed by atoms with van der Waals surface area (Å²) in [6.07, 6.45) is 15.8. The molecule has 0 bridgehead atoms. The third-order valence-corrected chi connectivity index (χ3v) is 8.91. The van der Waals surface area contributed by atoms with E-state index in [1.165, 1.54) is 68.0 Å². The first-order valence-corrected chi connectivity index (χ1v) is 16.1. The number of hydrogen-bond donors (Lipinski definition) is 2. The Morgan fingerprint density at radius 2 is 1.51 bits per heavy atom. The van der Waals surface area contributed by atoms with Crippen LogP contribution < -0.4 is 15.4 Å². The van der Waals surface area contributed by atoms with Crippen molar-refractivity contribution in [2.45, 2.75) is 70.8 Å². The van der Waals surface area contributed by atoms with Crippen molar-refractivity contribution in [3.63, 3.8) is 0 Å². The molecule has 2 aliphatic rings. The first kappa shape index (κ1) is 29.1. The van der Waals surface area contributed by atoms with E-state index in [1.807, 2.05) is 12.1 Å². The molecule has 0 amide bonds. The Labute approximate surface area is 256 Å². The molecule has 1 atom stereocenters. The van der Waals surface area contributed by atoms with Gasteiger partial charge in [-0.15, -0.1) is 0 Å². The van der Waals surface area contributed by atoms with Crippen LogP contribution in [-0.4, -0.2) is 30.4 Å². The van der Waals surface area contributed by atoms with Gasteiger partial charge >= 0.3 is 0 Å². The van der Waals surface area contributed by atoms with Gasteiger partial charge in [0, 0.05) is 35.8 Å². The highest BCUT2D eigenvalue weighted by molar-refractivity contribution is 5.96. The van der Waals surface area contributed by atoms with Gasteiger partial charge in [-0.25, -0.2) is 4.98 Å². The molecule has 2 fully saturated rings. The fraction of sp³-hybridized carbons (Fsp3) is 0.368. The molecule has 1 saturated carbocycles. The van der Waals surface area contributed by atoms with E-state index >= 15 is 0 Å². The summed E-state index contributed by atoms with van der Waals surface area (Å²) in [5, 5.41) is 8.36. The lowest BCUT2D eigenvalue weighted by molar-refractivity contribution is 0.415. The first-order valence-electron chi connectivity index (χ1n) is 16.1. The number of fused-ring (bicyclic) bond motifs is 1. The average Bonchev–Trinajstić information content (AvgIpc) is 3.84. The number of nitrogens with zero attached hydrogens (tertiary/aromatic N) is 2. The molecule has 1 aliphatic carbocycles. The Bertz CT molecular complexity index is 1560. The molecule has 5 heteroatoms. The van der Waals surface area contributed by atoms with Crippen LogP contribution >= 0.6 is 0 Å². The van der Waals surface area contributed by atoms with Gasteiger partial charge in [0.2, 0.25) is 0 Å². The van der Waals surface area contributed by atoms with Crippen LogP contribution in [0.25, 0.3) is 23.1 Å². The monoisotopic (exact) mass is 572 g/mol. The molecular weight excluding hydrogens is 528 g/mol. The number of rotatable bonds is 9. The number of aliphatic imine (C=N–C) groups is 1.